The van der Waals surface area contributed by atoms with E-state index < -0.39 is 16.6 Å². The molecule has 0 aliphatic carbocycles. The van der Waals surface area contributed by atoms with Gasteiger partial charge in [0.25, 0.3) is 0 Å². The van der Waals surface area contributed by atoms with Crippen LogP contribution in [-0.2, 0) is 9.15 Å². The van der Waals surface area contributed by atoms with Crippen molar-refractivity contribution in [3.8, 4) is 6.07 Å². The highest BCUT2D eigenvalue weighted by molar-refractivity contribution is 6.73. The van der Waals surface area contributed by atoms with Gasteiger partial charge in [-0.2, -0.15) is 5.26 Å². The zero-order chi connectivity index (χ0) is 17.8. The zero-order valence-electron chi connectivity index (χ0n) is 16.4. The number of hydrogen-bond donors (Lipinski definition) is 0. The molecule has 0 fully saturated rings. The number of nitrogens with zero attached hydrogens (tertiary/aromatic N) is 1. The Morgan fingerprint density at radius 3 is 1.87 bits per heavy atom. The molecule has 0 aromatic carbocycles. The first-order valence-corrected chi connectivity index (χ1v) is 15.8. The number of nitriles is 1. The smallest absolute Gasteiger partial charge is 0.231 e. The predicted molar refractivity (Wildman–Crippen MR) is 104 cm³/mol. The molecule has 136 valence electrons. The Bertz CT molecular complexity index is 340. The quantitative estimate of drug-likeness (QED) is 0.151. The van der Waals surface area contributed by atoms with Gasteiger partial charge in [-0.05, 0) is 51.1 Å². The van der Waals surface area contributed by atoms with Crippen LogP contribution in [0.15, 0.2) is 0 Å². The van der Waals surface area contributed by atoms with E-state index >= 15 is 0 Å². The molecule has 0 aromatic rings. The standard InChI is InChI=1S/C18H39NO2Si2/c1-7-9-10-11-12-13-18(17-19)14-16-23(5,6)21-20-22(3,4)15-8-2/h18H,7-16H2,1-6H3. The highest BCUT2D eigenvalue weighted by Gasteiger charge is 2.30. The van der Waals surface area contributed by atoms with E-state index in [1.54, 1.807) is 0 Å². The highest BCUT2D eigenvalue weighted by Crippen LogP contribution is 2.24. The van der Waals surface area contributed by atoms with E-state index in [9.17, 15) is 5.26 Å². The molecule has 0 heterocycles. The largest absolute Gasteiger partial charge is 0.298 e. The van der Waals surface area contributed by atoms with Crippen molar-refractivity contribution in [3.63, 3.8) is 0 Å². The molecule has 1 atom stereocenters. The van der Waals surface area contributed by atoms with Gasteiger partial charge in [-0.3, -0.25) is 9.15 Å². The van der Waals surface area contributed by atoms with Crippen molar-refractivity contribution in [1.29, 1.82) is 5.26 Å². The summed E-state index contributed by atoms with van der Waals surface area (Å²) in [6.07, 6.45) is 9.51. The van der Waals surface area contributed by atoms with Gasteiger partial charge in [-0.15, -0.1) is 0 Å². The maximum atomic E-state index is 9.35. The van der Waals surface area contributed by atoms with Crippen molar-refractivity contribution in [2.24, 2.45) is 5.92 Å². The fourth-order valence-electron chi connectivity index (χ4n) is 2.70. The van der Waals surface area contributed by atoms with E-state index in [0.717, 1.165) is 31.4 Å². The fourth-order valence-corrected chi connectivity index (χ4v) is 6.92. The Hall–Kier alpha value is -0.156. The Kier molecular flexibility index (Phi) is 12.2. The third kappa shape index (κ3) is 12.9. The minimum atomic E-state index is -1.82. The van der Waals surface area contributed by atoms with Crippen molar-refractivity contribution in [3.05, 3.63) is 0 Å². The molecular weight excluding hydrogens is 318 g/mol. The number of hydrogen-bond acceptors (Lipinski definition) is 3. The van der Waals surface area contributed by atoms with Gasteiger partial charge in [0.15, 0.2) is 0 Å². The lowest BCUT2D eigenvalue weighted by Crippen LogP contribution is -2.38. The molecule has 0 N–H and O–H groups in total. The van der Waals surface area contributed by atoms with Crippen LogP contribution in [0.4, 0.5) is 0 Å². The van der Waals surface area contributed by atoms with Gasteiger partial charge in [0.2, 0.25) is 16.6 Å². The summed E-state index contributed by atoms with van der Waals surface area (Å²) < 4.78 is 11.7. The molecule has 1 unspecified atom stereocenters. The van der Waals surface area contributed by atoms with Gasteiger partial charge in [-0.25, -0.2) is 0 Å². The van der Waals surface area contributed by atoms with Crippen LogP contribution in [0.1, 0.15) is 65.2 Å². The Morgan fingerprint density at radius 2 is 1.35 bits per heavy atom. The third-order valence-electron chi connectivity index (χ3n) is 4.28. The van der Waals surface area contributed by atoms with Crippen LogP contribution in [0.5, 0.6) is 0 Å². The summed E-state index contributed by atoms with van der Waals surface area (Å²) in [4.78, 5) is 0. The van der Waals surface area contributed by atoms with E-state index in [-0.39, 0.29) is 5.92 Å². The summed E-state index contributed by atoms with van der Waals surface area (Å²) in [6, 6.07) is 4.64. The van der Waals surface area contributed by atoms with Gasteiger partial charge >= 0.3 is 0 Å². The van der Waals surface area contributed by atoms with Crippen LogP contribution < -0.4 is 0 Å². The van der Waals surface area contributed by atoms with Gasteiger partial charge in [0.05, 0.1) is 6.07 Å². The van der Waals surface area contributed by atoms with Crippen LogP contribution in [0, 0.1) is 17.2 Å². The summed E-state index contributed by atoms with van der Waals surface area (Å²) in [5.74, 6) is 0.188. The minimum absolute atomic E-state index is 0.188. The number of unbranched alkanes of at least 4 members (excludes halogenated alkanes) is 4. The van der Waals surface area contributed by atoms with E-state index in [4.69, 9.17) is 9.15 Å². The Balaban J connectivity index is 4.06. The molecule has 0 radical (unpaired) electrons. The van der Waals surface area contributed by atoms with Crippen molar-refractivity contribution >= 4 is 16.6 Å². The van der Waals surface area contributed by atoms with E-state index in [2.05, 4.69) is 46.1 Å². The first-order chi connectivity index (χ1) is 10.8. The zero-order valence-corrected chi connectivity index (χ0v) is 18.4. The third-order valence-corrected chi connectivity index (χ3v) is 8.71. The van der Waals surface area contributed by atoms with E-state index in [1.165, 1.54) is 32.1 Å². The predicted octanol–water partition coefficient (Wildman–Crippen LogP) is 6.65. The van der Waals surface area contributed by atoms with Gasteiger partial charge < -0.3 is 0 Å². The molecule has 0 spiro atoms. The fraction of sp³-hybridized carbons (Fsp3) is 0.944. The normalized spacial score (nSPS) is 13.8. The SMILES string of the molecule is CCCCCCCC(C#N)CC[Si](C)(C)OO[Si](C)(C)CCC. The lowest BCUT2D eigenvalue weighted by atomic mass is 9.99. The summed E-state index contributed by atoms with van der Waals surface area (Å²) in [5, 5.41) is 9.35. The molecule has 0 aliphatic heterocycles. The summed E-state index contributed by atoms with van der Waals surface area (Å²) in [6.45, 7) is 13.3. The van der Waals surface area contributed by atoms with Crippen molar-refractivity contribution < 1.29 is 9.15 Å². The van der Waals surface area contributed by atoms with E-state index in [0.29, 0.717) is 0 Å². The van der Waals surface area contributed by atoms with Crippen LogP contribution in [0.3, 0.4) is 0 Å². The lowest BCUT2D eigenvalue weighted by Gasteiger charge is -2.29. The summed E-state index contributed by atoms with van der Waals surface area (Å²) in [5.41, 5.74) is 0. The van der Waals surface area contributed by atoms with Crippen LogP contribution >= 0.6 is 0 Å². The second-order valence-corrected chi connectivity index (χ2v) is 16.4. The van der Waals surface area contributed by atoms with Crippen LogP contribution in [-0.4, -0.2) is 16.6 Å². The first kappa shape index (κ1) is 22.8. The highest BCUT2D eigenvalue weighted by atomic mass is 28.4. The Morgan fingerprint density at radius 1 is 0.783 bits per heavy atom. The van der Waals surface area contributed by atoms with Crippen molar-refractivity contribution in [2.75, 3.05) is 0 Å². The van der Waals surface area contributed by atoms with Gasteiger partial charge in [-0.1, -0.05) is 52.4 Å². The molecule has 0 saturated carbocycles. The lowest BCUT2D eigenvalue weighted by molar-refractivity contribution is -0.125. The average molecular weight is 358 g/mol. The topological polar surface area (TPSA) is 42.2 Å². The van der Waals surface area contributed by atoms with Crippen molar-refractivity contribution in [2.45, 2.75) is 103 Å². The number of rotatable bonds is 14. The van der Waals surface area contributed by atoms with Crippen LogP contribution in [0.2, 0.25) is 38.3 Å². The molecular formula is C18H39NO2Si2. The summed E-state index contributed by atoms with van der Waals surface area (Å²) >= 11 is 0. The molecule has 0 amide bonds. The second-order valence-electron chi connectivity index (χ2n) is 8.00. The molecule has 3 nitrogen and oxygen atoms in total. The second kappa shape index (κ2) is 12.2. The molecule has 0 aromatic heterocycles. The van der Waals surface area contributed by atoms with Gasteiger partial charge in [0, 0.05) is 5.92 Å². The van der Waals surface area contributed by atoms with Gasteiger partial charge in [0.1, 0.15) is 0 Å². The molecule has 23 heavy (non-hydrogen) atoms. The monoisotopic (exact) mass is 357 g/mol. The first-order valence-electron chi connectivity index (χ1n) is 9.53. The maximum Gasteiger partial charge on any atom is 0.231 e. The molecule has 0 saturated heterocycles. The average Bonchev–Trinajstić information content (AvgIpc) is 2.48. The van der Waals surface area contributed by atoms with Crippen LogP contribution in [0.25, 0.3) is 0 Å². The molecule has 0 bridgehead atoms. The molecule has 0 aliphatic rings. The van der Waals surface area contributed by atoms with Crippen molar-refractivity contribution in [1.82, 2.24) is 0 Å². The molecule has 0 rings (SSSR count). The Labute approximate surface area is 147 Å². The maximum absolute atomic E-state index is 9.35. The minimum Gasteiger partial charge on any atom is -0.298 e. The van der Waals surface area contributed by atoms with E-state index in [1.807, 2.05) is 0 Å². The summed E-state index contributed by atoms with van der Waals surface area (Å²) in [7, 11) is -3.48. The molecule has 5 heteroatoms.